The molecule has 2 aromatic rings. The number of carbonyl (C=O) groups excluding carboxylic acids is 1. The van der Waals surface area contributed by atoms with Crippen LogP contribution < -0.4 is 10.8 Å². The van der Waals surface area contributed by atoms with Gasteiger partial charge in [0.15, 0.2) is 6.29 Å². The summed E-state index contributed by atoms with van der Waals surface area (Å²) in [6, 6.07) is 3.76. The zero-order valence-corrected chi connectivity index (χ0v) is 13.5. The van der Waals surface area contributed by atoms with Crippen molar-refractivity contribution >= 4 is 35.5 Å². The second-order valence-corrected chi connectivity index (χ2v) is 6.58. The first-order valence-corrected chi connectivity index (χ1v) is 7.33. The number of aldehydes is 1. The molecule has 1 fully saturated rings. The van der Waals surface area contributed by atoms with Crippen molar-refractivity contribution in [2.75, 3.05) is 12.4 Å². The third-order valence-electron chi connectivity index (χ3n) is 4.68. The Hall–Kier alpha value is -1.79. The third-order valence-corrected chi connectivity index (χ3v) is 4.68. The summed E-state index contributed by atoms with van der Waals surface area (Å²) in [5, 5.41) is 3.90. The van der Waals surface area contributed by atoms with E-state index in [4.69, 9.17) is 13.7 Å². The van der Waals surface area contributed by atoms with Gasteiger partial charge in [0.2, 0.25) is 0 Å². The summed E-state index contributed by atoms with van der Waals surface area (Å²) in [6.07, 6.45) is 2.25. The van der Waals surface area contributed by atoms with E-state index >= 15 is 0 Å². The first-order chi connectivity index (χ1) is 10.3. The number of furan rings is 1. The Morgan fingerprint density at radius 2 is 1.77 bits per heavy atom. The minimum Gasteiger partial charge on any atom is -0.463 e. The molecule has 0 radical (unpaired) electrons. The number of nitrogens with one attached hydrogen (secondary N) is 1. The van der Waals surface area contributed by atoms with Gasteiger partial charge in [0.1, 0.15) is 11.8 Å². The van der Waals surface area contributed by atoms with Gasteiger partial charge >= 0.3 is 7.12 Å². The molecular formula is C16H20BNO4. The monoisotopic (exact) mass is 301 g/mol. The van der Waals surface area contributed by atoms with Crippen LogP contribution in [0.4, 0.5) is 5.69 Å². The number of benzene rings is 1. The van der Waals surface area contributed by atoms with Gasteiger partial charge < -0.3 is 19.0 Å². The van der Waals surface area contributed by atoms with Crippen molar-refractivity contribution in [3.63, 3.8) is 0 Å². The normalized spacial score (nSPS) is 19.6. The molecule has 0 bridgehead atoms. The zero-order valence-electron chi connectivity index (χ0n) is 13.5. The average molecular weight is 301 g/mol. The highest BCUT2D eigenvalue weighted by Gasteiger charge is 2.52. The maximum atomic E-state index is 11.1. The molecule has 22 heavy (non-hydrogen) atoms. The van der Waals surface area contributed by atoms with Crippen LogP contribution in [0, 0.1) is 0 Å². The summed E-state index contributed by atoms with van der Waals surface area (Å²) < 4.78 is 17.6. The molecule has 1 aromatic heterocycles. The fourth-order valence-corrected chi connectivity index (χ4v) is 2.58. The minimum absolute atomic E-state index is 0.415. The van der Waals surface area contributed by atoms with Crippen molar-refractivity contribution in [2.24, 2.45) is 0 Å². The highest BCUT2D eigenvalue weighted by atomic mass is 16.7. The Bertz CT molecular complexity index is 719. The predicted octanol–water partition coefficient (Wildman–Crippen LogP) is 2.59. The minimum atomic E-state index is -0.494. The largest absolute Gasteiger partial charge is 0.496 e. The third kappa shape index (κ3) is 2.14. The second kappa shape index (κ2) is 4.86. The molecule has 6 heteroatoms. The summed E-state index contributed by atoms with van der Waals surface area (Å²) >= 11 is 0. The zero-order chi connectivity index (χ0) is 16.1. The number of anilines is 1. The molecule has 1 aliphatic heterocycles. The van der Waals surface area contributed by atoms with E-state index in [-0.39, 0.29) is 0 Å². The molecule has 0 unspecified atom stereocenters. The number of hydrogen-bond donors (Lipinski definition) is 1. The number of rotatable bonds is 3. The van der Waals surface area contributed by atoms with Crippen LogP contribution in [0.5, 0.6) is 0 Å². The molecule has 2 heterocycles. The summed E-state index contributed by atoms with van der Waals surface area (Å²) in [7, 11) is 1.34. The van der Waals surface area contributed by atoms with Crippen LogP contribution in [0.25, 0.3) is 11.0 Å². The van der Waals surface area contributed by atoms with Gasteiger partial charge in [-0.25, -0.2) is 0 Å². The van der Waals surface area contributed by atoms with Crippen molar-refractivity contribution in [1.29, 1.82) is 0 Å². The number of carbonyl (C=O) groups is 1. The van der Waals surface area contributed by atoms with E-state index in [1.807, 2.05) is 46.9 Å². The van der Waals surface area contributed by atoms with Gasteiger partial charge in [0.25, 0.3) is 0 Å². The van der Waals surface area contributed by atoms with E-state index in [0.717, 1.165) is 22.8 Å². The quantitative estimate of drug-likeness (QED) is 0.697. The first kappa shape index (κ1) is 15.1. The van der Waals surface area contributed by atoms with Crippen LogP contribution >= 0.6 is 0 Å². The fourth-order valence-electron chi connectivity index (χ4n) is 2.58. The molecule has 5 nitrogen and oxygen atoms in total. The predicted molar refractivity (Wildman–Crippen MR) is 86.9 cm³/mol. The van der Waals surface area contributed by atoms with Gasteiger partial charge in [0.05, 0.1) is 16.8 Å². The lowest BCUT2D eigenvalue weighted by Crippen LogP contribution is -2.41. The van der Waals surface area contributed by atoms with Gasteiger partial charge in [-0.2, -0.15) is 0 Å². The van der Waals surface area contributed by atoms with E-state index in [1.54, 1.807) is 0 Å². The van der Waals surface area contributed by atoms with E-state index in [2.05, 4.69) is 5.32 Å². The Kier molecular flexibility index (Phi) is 3.34. The second-order valence-electron chi connectivity index (χ2n) is 6.58. The number of hydrogen-bond acceptors (Lipinski definition) is 5. The molecule has 1 N–H and O–H groups in total. The van der Waals surface area contributed by atoms with Crippen LogP contribution in [0.2, 0.25) is 0 Å². The van der Waals surface area contributed by atoms with E-state index < -0.39 is 18.3 Å². The molecule has 0 amide bonds. The molecule has 0 atom stereocenters. The molecule has 0 saturated carbocycles. The standard InChI is InChI=1S/C16H20BNO4/c1-15(2)16(3,4)22-17(21-15)12-6-11-10(8-19)9-20-14(11)7-13(12)18-5/h6-9,18H,1-5H3. The van der Waals surface area contributed by atoms with Crippen molar-refractivity contribution in [2.45, 2.75) is 38.9 Å². The number of fused-ring (bicyclic) bond motifs is 1. The Morgan fingerprint density at radius 3 is 2.32 bits per heavy atom. The van der Waals surface area contributed by atoms with Crippen molar-refractivity contribution < 1.29 is 18.5 Å². The maximum Gasteiger partial charge on any atom is 0.496 e. The van der Waals surface area contributed by atoms with Gasteiger partial charge in [-0.15, -0.1) is 0 Å². The van der Waals surface area contributed by atoms with E-state index in [0.29, 0.717) is 11.1 Å². The fraction of sp³-hybridized carbons (Fsp3) is 0.438. The Balaban J connectivity index is 2.12. The van der Waals surface area contributed by atoms with Crippen molar-refractivity contribution in [1.82, 2.24) is 0 Å². The van der Waals surface area contributed by atoms with Crippen LogP contribution in [0.1, 0.15) is 38.1 Å². The first-order valence-electron chi connectivity index (χ1n) is 7.33. The Labute approximate surface area is 130 Å². The summed E-state index contributed by atoms with van der Waals surface area (Å²) in [5.41, 5.74) is 2.07. The summed E-state index contributed by atoms with van der Waals surface area (Å²) in [4.78, 5) is 11.1. The van der Waals surface area contributed by atoms with Gasteiger partial charge in [-0.05, 0) is 33.8 Å². The lowest BCUT2D eigenvalue weighted by molar-refractivity contribution is 0.00578. The van der Waals surface area contributed by atoms with Crippen molar-refractivity contribution in [3.8, 4) is 0 Å². The van der Waals surface area contributed by atoms with Crippen molar-refractivity contribution in [3.05, 3.63) is 24.0 Å². The molecule has 3 rings (SSSR count). The molecule has 116 valence electrons. The Morgan fingerprint density at radius 1 is 1.14 bits per heavy atom. The van der Waals surface area contributed by atoms with Crippen LogP contribution in [0.3, 0.4) is 0 Å². The van der Waals surface area contributed by atoms with E-state index in [1.165, 1.54) is 6.26 Å². The van der Waals surface area contributed by atoms with E-state index in [9.17, 15) is 4.79 Å². The molecule has 1 aromatic carbocycles. The smallest absolute Gasteiger partial charge is 0.463 e. The highest BCUT2D eigenvalue weighted by Crippen LogP contribution is 2.37. The summed E-state index contributed by atoms with van der Waals surface area (Å²) in [6.45, 7) is 8.05. The van der Waals surface area contributed by atoms with Gasteiger partial charge in [-0.1, -0.05) is 0 Å². The highest BCUT2D eigenvalue weighted by molar-refractivity contribution is 6.64. The molecular weight excluding hydrogens is 281 g/mol. The van der Waals surface area contributed by atoms with Crippen LogP contribution in [0.15, 0.2) is 22.8 Å². The maximum absolute atomic E-state index is 11.1. The molecule has 0 spiro atoms. The average Bonchev–Trinajstić information content (AvgIpc) is 2.95. The lowest BCUT2D eigenvalue weighted by atomic mass is 9.77. The molecule has 1 saturated heterocycles. The summed E-state index contributed by atoms with van der Waals surface area (Å²) in [5.74, 6) is 0. The van der Waals surface area contributed by atoms with Gasteiger partial charge in [-0.3, -0.25) is 4.79 Å². The lowest BCUT2D eigenvalue weighted by Gasteiger charge is -2.32. The molecule has 1 aliphatic rings. The van der Waals surface area contributed by atoms with Crippen LogP contribution in [-0.2, 0) is 9.31 Å². The SMILES string of the molecule is CNc1cc2occ(C=O)c2cc1B1OC(C)(C)C(C)(C)O1. The topological polar surface area (TPSA) is 60.7 Å². The van der Waals surface area contributed by atoms with Crippen LogP contribution in [-0.4, -0.2) is 31.7 Å². The molecule has 0 aliphatic carbocycles. The van der Waals surface area contributed by atoms with Gasteiger partial charge in [0, 0.05) is 29.7 Å².